The first kappa shape index (κ1) is 23.8. The zero-order chi connectivity index (χ0) is 23.4. The normalized spacial score (nSPS) is 17.0. The molecule has 3 aromatic carbocycles. The molecule has 0 bridgehead atoms. The molecule has 33 heavy (non-hydrogen) atoms. The van der Waals surface area contributed by atoms with Gasteiger partial charge in [-0.05, 0) is 42.2 Å². The Labute approximate surface area is 204 Å². The van der Waals surface area contributed by atoms with Crippen molar-refractivity contribution < 1.29 is 13.2 Å². The Kier molecular flexibility index (Phi) is 7.39. The van der Waals surface area contributed by atoms with Gasteiger partial charge in [0, 0.05) is 24.3 Å². The summed E-state index contributed by atoms with van der Waals surface area (Å²) in [5.74, 6) is -0.784. The molecule has 0 aromatic heterocycles. The van der Waals surface area contributed by atoms with Crippen LogP contribution in [0.25, 0.3) is 11.1 Å². The number of benzene rings is 3. The van der Waals surface area contributed by atoms with E-state index in [0.29, 0.717) is 40.7 Å². The number of amides is 1. The fourth-order valence-electron chi connectivity index (χ4n) is 4.04. The summed E-state index contributed by atoms with van der Waals surface area (Å²) in [6, 6.07) is 22.2. The molecule has 172 valence electrons. The summed E-state index contributed by atoms with van der Waals surface area (Å²) in [5, 5.41) is 3.72. The van der Waals surface area contributed by atoms with Gasteiger partial charge in [0.25, 0.3) is 0 Å². The molecule has 1 fully saturated rings. The van der Waals surface area contributed by atoms with Gasteiger partial charge in [-0.2, -0.15) is 0 Å². The van der Waals surface area contributed by atoms with Crippen LogP contribution in [-0.2, 0) is 20.6 Å². The van der Waals surface area contributed by atoms with Crippen LogP contribution in [-0.4, -0.2) is 31.7 Å². The van der Waals surface area contributed by atoms with Crippen molar-refractivity contribution in [1.82, 2.24) is 4.31 Å². The van der Waals surface area contributed by atoms with Gasteiger partial charge in [0.1, 0.15) is 0 Å². The molecule has 5 nitrogen and oxygen atoms in total. The van der Waals surface area contributed by atoms with Gasteiger partial charge < -0.3 is 5.32 Å². The maximum absolute atomic E-state index is 13.1. The highest BCUT2D eigenvalue weighted by molar-refractivity contribution is 7.88. The van der Waals surface area contributed by atoms with Crippen molar-refractivity contribution in [1.29, 1.82) is 0 Å². The van der Waals surface area contributed by atoms with E-state index >= 15 is 0 Å². The summed E-state index contributed by atoms with van der Waals surface area (Å²) >= 11 is 12.0. The van der Waals surface area contributed by atoms with Gasteiger partial charge in [-0.15, -0.1) is 0 Å². The first-order chi connectivity index (χ1) is 15.8. The number of anilines is 1. The number of rotatable bonds is 6. The molecule has 1 aliphatic rings. The highest BCUT2D eigenvalue weighted by atomic mass is 35.5. The quantitative estimate of drug-likeness (QED) is 0.460. The Balaban J connectivity index is 1.46. The van der Waals surface area contributed by atoms with E-state index in [1.807, 2.05) is 54.6 Å². The molecule has 8 heteroatoms. The summed E-state index contributed by atoms with van der Waals surface area (Å²) in [7, 11) is -3.60. The van der Waals surface area contributed by atoms with Crippen molar-refractivity contribution in [3.63, 3.8) is 0 Å². The number of carbonyl (C=O) groups is 1. The SMILES string of the molecule is O=C(Nc1ccccc1-c1ccccc1)[C@H]1CCCN(S(=O)(=O)Cc2ccc(Cl)c(Cl)c2)C1. The Morgan fingerprint density at radius 2 is 1.70 bits per heavy atom. The molecule has 1 amide bonds. The molecule has 3 aromatic rings. The van der Waals surface area contributed by atoms with Gasteiger partial charge >= 0.3 is 0 Å². The molecular formula is C25H24Cl2N2O3S. The summed E-state index contributed by atoms with van der Waals surface area (Å²) < 4.78 is 27.5. The lowest BCUT2D eigenvalue weighted by molar-refractivity contribution is -0.120. The van der Waals surface area contributed by atoms with Gasteiger partial charge in [0.15, 0.2) is 0 Å². The molecular weight excluding hydrogens is 479 g/mol. The second kappa shape index (κ2) is 10.3. The standard InChI is InChI=1S/C25H24Cl2N2O3S/c26-22-13-12-18(15-23(22)27)17-33(31,32)29-14-6-9-20(16-29)25(30)28-24-11-5-4-10-21(24)19-7-2-1-3-8-19/h1-5,7-8,10-13,15,20H,6,9,14,16-17H2,(H,28,30)/t20-/m0/s1. The van der Waals surface area contributed by atoms with Crippen LogP contribution >= 0.6 is 23.2 Å². The van der Waals surface area contributed by atoms with E-state index in [1.165, 1.54) is 4.31 Å². The smallest absolute Gasteiger partial charge is 0.228 e. The Morgan fingerprint density at radius 1 is 0.970 bits per heavy atom. The molecule has 1 saturated heterocycles. The summed E-state index contributed by atoms with van der Waals surface area (Å²) in [6.07, 6.45) is 1.26. The average molecular weight is 503 g/mol. The monoisotopic (exact) mass is 502 g/mol. The largest absolute Gasteiger partial charge is 0.325 e. The number of nitrogens with zero attached hydrogens (tertiary/aromatic N) is 1. The minimum absolute atomic E-state index is 0.156. The highest BCUT2D eigenvalue weighted by Crippen LogP contribution is 2.30. The van der Waals surface area contributed by atoms with E-state index in [0.717, 1.165) is 11.1 Å². The van der Waals surface area contributed by atoms with Gasteiger partial charge in [0.05, 0.1) is 21.7 Å². The van der Waals surface area contributed by atoms with Crippen molar-refractivity contribution >= 4 is 44.8 Å². The second-order valence-electron chi connectivity index (χ2n) is 8.10. The average Bonchev–Trinajstić information content (AvgIpc) is 2.82. The number of sulfonamides is 1. The zero-order valence-electron chi connectivity index (χ0n) is 17.9. The van der Waals surface area contributed by atoms with Crippen LogP contribution in [0.2, 0.25) is 10.0 Å². The number of para-hydroxylation sites is 1. The fraction of sp³-hybridized carbons (Fsp3) is 0.240. The van der Waals surface area contributed by atoms with E-state index < -0.39 is 15.9 Å². The van der Waals surface area contributed by atoms with Gasteiger partial charge in [-0.25, -0.2) is 12.7 Å². The molecule has 1 aliphatic heterocycles. The number of piperidine rings is 1. The minimum atomic E-state index is -3.60. The van der Waals surface area contributed by atoms with Crippen LogP contribution in [0, 0.1) is 5.92 Å². The minimum Gasteiger partial charge on any atom is -0.325 e. The van der Waals surface area contributed by atoms with Crippen molar-refractivity contribution in [2.24, 2.45) is 5.92 Å². The van der Waals surface area contributed by atoms with Crippen LogP contribution in [0.1, 0.15) is 18.4 Å². The summed E-state index contributed by atoms with van der Waals surface area (Å²) in [5.41, 5.74) is 3.20. The predicted molar refractivity (Wildman–Crippen MR) is 134 cm³/mol. The molecule has 0 aliphatic carbocycles. The fourth-order valence-corrected chi connectivity index (χ4v) is 5.96. The lowest BCUT2D eigenvalue weighted by Crippen LogP contribution is -2.44. The first-order valence-corrected chi connectivity index (χ1v) is 13.1. The molecule has 1 N–H and O–H groups in total. The van der Waals surface area contributed by atoms with Crippen LogP contribution in [0.3, 0.4) is 0 Å². The van der Waals surface area contributed by atoms with E-state index in [4.69, 9.17) is 23.2 Å². The maximum Gasteiger partial charge on any atom is 0.228 e. The molecule has 1 atom stereocenters. The van der Waals surface area contributed by atoms with Gasteiger partial charge in [-0.1, -0.05) is 77.8 Å². The summed E-state index contributed by atoms with van der Waals surface area (Å²) in [4.78, 5) is 13.1. The molecule has 0 spiro atoms. The third-order valence-electron chi connectivity index (χ3n) is 5.75. The number of hydrogen-bond donors (Lipinski definition) is 1. The topological polar surface area (TPSA) is 66.5 Å². The number of nitrogens with one attached hydrogen (secondary N) is 1. The van der Waals surface area contributed by atoms with E-state index in [-0.39, 0.29) is 18.2 Å². The molecule has 0 radical (unpaired) electrons. The second-order valence-corrected chi connectivity index (χ2v) is 10.9. The molecule has 0 saturated carbocycles. The molecule has 0 unspecified atom stereocenters. The number of carbonyl (C=O) groups excluding carboxylic acids is 1. The van der Waals surface area contributed by atoms with E-state index in [9.17, 15) is 13.2 Å². The van der Waals surface area contributed by atoms with E-state index in [1.54, 1.807) is 18.2 Å². The zero-order valence-corrected chi connectivity index (χ0v) is 20.2. The first-order valence-electron chi connectivity index (χ1n) is 10.7. The summed E-state index contributed by atoms with van der Waals surface area (Å²) in [6.45, 7) is 0.553. The van der Waals surface area contributed by atoms with Gasteiger partial charge in [0.2, 0.25) is 15.9 Å². The Bertz CT molecular complexity index is 1250. The van der Waals surface area contributed by atoms with Gasteiger partial charge in [-0.3, -0.25) is 4.79 Å². The predicted octanol–water partition coefficient (Wildman–Crippen LogP) is 5.84. The molecule has 1 heterocycles. The third kappa shape index (κ3) is 5.76. The Hall–Kier alpha value is -2.38. The molecule has 4 rings (SSSR count). The van der Waals surface area contributed by atoms with Crippen LogP contribution in [0.4, 0.5) is 5.69 Å². The number of hydrogen-bond acceptors (Lipinski definition) is 3. The van der Waals surface area contributed by atoms with Crippen molar-refractivity contribution in [2.45, 2.75) is 18.6 Å². The van der Waals surface area contributed by atoms with Crippen LogP contribution in [0.15, 0.2) is 72.8 Å². The number of halogens is 2. The maximum atomic E-state index is 13.1. The van der Waals surface area contributed by atoms with Crippen molar-refractivity contribution in [2.75, 3.05) is 18.4 Å². The highest BCUT2D eigenvalue weighted by Gasteiger charge is 2.32. The van der Waals surface area contributed by atoms with E-state index in [2.05, 4.69) is 5.32 Å². The van der Waals surface area contributed by atoms with Crippen LogP contribution < -0.4 is 5.32 Å². The Morgan fingerprint density at radius 3 is 2.45 bits per heavy atom. The van der Waals surface area contributed by atoms with Crippen molar-refractivity contribution in [3.8, 4) is 11.1 Å². The van der Waals surface area contributed by atoms with Crippen molar-refractivity contribution in [3.05, 3.63) is 88.4 Å². The lowest BCUT2D eigenvalue weighted by Gasteiger charge is -2.31. The van der Waals surface area contributed by atoms with Crippen LogP contribution in [0.5, 0.6) is 0 Å². The lowest BCUT2D eigenvalue weighted by atomic mass is 9.98. The third-order valence-corrected chi connectivity index (χ3v) is 8.31.